The molecular formula is C19H28N4O. The van der Waals surface area contributed by atoms with Crippen molar-refractivity contribution in [3.63, 3.8) is 0 Å². The summed E-state index contributed by atoms with van der Waals surface area (Å²) in [4.78, 5) is 7.90. The van der Waals surface area contributed by atoms with Gasteiger partial charge in [-0.1, -0.05) is 31.0 Å². The van der Waals surface area contributed by atoms with Gasteiger partial charge >= 0.3 is 0 Å². The fraction of sp³-hybridized carbons (Fsp3) is 0.526. The number of H-pyrrole nitrogens is 1. The first-order valence-electron chi connectivity index (χ1n) is 9.00. The van der Waals surface area contributed by atoms with E-state index in [4.69, 9.17) is 0 Å². The number of benzene rings is 1. The van der Waals surface area contributed by atoms with Gasteiger partial charge in [-0.2, -0.15) is 0 Å². The molecule has 0 saturated heterocycles. The van der Waals surface area contributed by atoms with Crippen LogP contribution in [-0.2, 0) is 6.42 Å². The third kappa shape index (κ3) is 4.09. The van der Waals surface area contributed by atoms with Crippen LogP contribution >= 0.6 is 0 Å². The Morgan fingerprint density at radius 1 is 1.25 bits per heavy atom. The number of hydrogen-bond acceptors (Lipinski definition) is 2. The van der Waals surface area contributed by atoms with E-state index in [1.807, 2.05) is 6.07 Å². The zero-order valence-corrected chi connectivity index (χ0v) is 14.4. The topological polar surface area (TPSA) is 72.4 Å². The molecule has 2 aromatic rings. The van der Waals surface area contributed by atoms with Gasteiger partial charge in [0.1, 0.15) is 0 Å². The van der Waals surface area contributed by atoms with Crippen molar-refractivity contribution in [2.75, 3.05) is 19.6 Å². The Morgan fingerprint density at radius 3 is 2.83 bits per heavy atom. The van der Waals surface area contributed by atoms with E-state index in [9.17, 15) is 5.11 Å². The number of para-hydroxylation sites is 1. The van der Waals surface area contributed by atoms with Gasteiger partial charge < -0.3 is 20.7 Å². The van der Waals surface area contributed by atoms with E-state index in [1.54, 1.807) is 0 Å². The fourth-order valence-electron chi connectivity index (χ4n) is 3.41. The monoisotopic (exact) mass is 328 g/mol. The zero-order chi connectivity index (χ0) is 16.8. The molecule has 5 nitrogen and oxygen atoms in total. The van der Waals surface area contributed by atoms with Crippen LogP contribution < -0.4 is 10.6 Å². The lowest BCUT2D eigenvalue weighted by Gasteiger charge is -2.20. The minimum Gasteiger partial charge on any atom is -0.388 e. The molecule has 4 N–H and O–H groups in total. The van der Waals surface area contributed by atoms with E-state index in [-0.39, 0.29) is 0 Å². The number of nitrogens with one attached hydrogen (secondary N) is 3. The molecule has 0 spiro atoms. The van der Waals surface area contributed by atoms with Crippen LogP contribution in [0.5, 0.6) is 0 Å². The van der Waals surface area contributed by atoms with Gasteiger partial charge in [0.25, 0.3) is 0 Å². The number of aromatic amines is 1. The molecule has 0 atom stereocenters. The summed E-state index contributed by atoms with van der Waals surface area (Å²) in [5.74, 6) is 0.790. The summed E-state index contributed by atoms with van der Waals surface area (Å²) in [5.41, 5.74) is 1.89. The molecule has 1 aromatic heterocycles. The summed E-state index contributed by atoms with van der Waals surface area (Å²) < 4.78 is 0. The highest BCUT2D eigenvalue weighted by atomic mass is 16.3. The maximum atomic E-state index is 10.4. The van der Waals surface area contributed by atoms with E-state index >= 15 is 0 Å². The number of guanidine groups is 1. The van der Waals surface area contributed by atoms with Crippen molar-refractivity contribution in [1.82, 2.24) is 15.6 Å². The lowest BCUT2D eigenvalue weighted by atomic mass is 10.0. The third-order valence-electron chi connectivity index (χ3n) is 4.77. The van der Waals surface area contributed by atoms with Crippen LogP contribution in [0.4, 0.5) is 0 Å². The first kappa shape index (κ1) is 16.8. The second-order valence-electron chi connectivity index (χ2n) is 6.66. The van der Waals surface area contributed by atoms with Crippen LogP contribution in [0.3, 0.4) is 0 Å². The van der Waals surface area contributed by atoms with Gasteiger partial charge in [0.15, 0.2) is 5.96 Å². The molecule has 1 aliphatic rings. The summed E-state index contributed by atoms with van der Waals surface area (Å²) in [6.07, 6.45) is 6.96. The quantitative estimate of drug-likeness (QED) is 0.486. The predicted octanol–water partition coefficient (Wildman–Crippen LogP) is 2.57. The van der Waals surface area contributed by atoms with Gasteiger partial charge in [-0.25, -0.2) is 0 Å². The predicted molar refractivity (Wildman–Crippen MR) is 99.4 cm³/mol. The highest BCUT2D eigenvalue weighted by Gasteiger charge is 2.30. The SMILES string of the molecule is CCNC(=NCC1(O)CCCC1)NCCc1c[nH]c2ccccc12. The second-order valence-corrected chi connectivity index (χ2v) is 6.66. The maximum Gasteiger partial charge on any atom is 0.191 e. The van der Waals surface area contributed by atoms with Gasteiger partial charge in [-0.05, 0) is 37.8 Å². The summed E-state index contributed by atoms with van der Waals surface area (Å²) in [5, 5.41) is 18.4. The first-order chi connectivity index (χ1) is 11.7. The highest BCUT2D eigenvalue weighted by Crippen LogP contribution is 2.29. The lowest BCUT2D eigenvalue weighted by molar-refractivity contribution is 0.0574. The number of aliphatic hydroxyl groups is 1. The molecule has 1 fully saturated rings. The van der Waals surface area contributed by atoms with Crippen LogP contribution in [0.2, 0.25) is 0 Å². The Hall–Kier alpha value is -2.01. The van der Waals surface area contributed by atoms with Crippen LogP contribution in [0.15, 0.2) is 35.5 Å². The summed E-state index contributed by atoms with van der Waals surface area (Å²) in [6, 6.07) is 8.36. The van der Waals surface area contributed by atoms with Gasteiger partial charge in [0, 0.05) is 30.2 Å². The van der Waals surface area contributed by atoms with Crippen LogP contribution in [-0.4, -0.2) is 41.3 Å². The van der Waals surface area contributed by atoms with E-state index < -0.39 is 5.60 Å². The molecule has 130 valence electrons. The molecule has 1 aromatic carbocycles. The van der Waals surface area contributed by atoms with Crippen molar-refractivity contribution >= 4 is 16.9 Å². The van der Waals surface area contributed by atoms with Gasteiger partial charge in [-0.3, -0.25) is 4.99 Å². The van der Waals surface area contributed by atoms with Crippen molar-refractivity contribution in [2.24, 2.45) is 4.99 Å². The number of nitrogens with zero attached hydrogens (tertiary/aromatic N) is 1. The number of fused-ring (bicyclic) bond motifs is 1. The standard InChI is InChI=1S/C19H28N4O/c1-2-20-18(23-14-19(24)10-5-6-11-19)21-12-9-15-13-22-17-8-4-3-7-16(15)17/h3-4,7-8,13,22,24H,2,5-6,9-12,14H2,1H3,(H2,20,21,23). The number of rotatable bonds is 6. The maximum absolute atomic E-state index is 10.4. The van der Waals surface area contributed by atoms with Crippen molar-refractivity contribution in [3.05, 3.63) is 36.0 Å². The van der Waals surface area contributed by atoms with Gasteiger partial charge in [0.2, 0.25) is 0 Å². The zero-order valence-electron chi connectivity index (χ0n) is 14.4. The Bertz CT molecular complexity index is 685. The second kappa shape index (κ2) is 7.71. The first-order valence-corrected chi connectivity index (χ1v) is 9.00. The molecule has 0 bridgehead atoms. The highest BCUT2D eigenvalue weighted by molar-refractivity contribution is 5.83. The Kier molecular flexibility index (Phi) is 5.41. The number of aliphatic imine (C=N–C) groups is 1. The third-order valence-corrected chi connectivity index (χ3v) is 4.77. The molecule has 0 radical (unpaired) electrons. The average molecular weight is 328 g/mol. The summed E-state index contributed by atoms with van der Waals surface area (Å²) in [6.45, 7) is 4.17. The van der Waals surface area contributed by atoms with Crippen molar-refractivity contribution < 1.29 is 5.11 Å². The van der Waals surface area contributed by atoms with Gasteiger partial charge in [0.05, 0.1) is 12.1 Å². The molecular weight excluding hydrogens is 300 g/mol. The largest absolute Gasteiger partial charge is 0.388 e. The Morgan fingerprint density at radius 2 is 2.04 bits per heavy atom. The molecule has 0 unspecified atom stereocenters. The number of hydrogen-bond donors (Lipinski definition) is 4. The molecule has 1 heterocycles. The summed E-state index contributed by atoms with van der Waals surface area (Å²) >= 11 is 0. The molecule has 0 aliphatic heterocycles. The molecule has 5 heteroatoms. The minimum atomic E-state index is -0.598. The molecule has 0 amide bonds. The number of aromatic nitrogens is 1. The molecule has 3 rings (SSSR count). The van der Waals surface area contributed by atoms with E-state index in [0.29, 0.717) is 6.54 Å². The van der Waals surface area contributed by atoms with E-state index in [2.05, 4.69) is 51.9 Å². The molecule has 1 saturated carbocycles. The van der Waals surface area contributed by atoms with Gasteiger partial charge in [-0.15, -0.1) is 0 Å². The molecule has 24 heavy (non-hydrogen) atoms. The minimum absolute atomic E-state index is 0.482. The Labute approximate surface area is 143 Å². The normalized spacial score (nSPS) is 17.3. The average Bonchev–Trinajstić information content (AvgIpc) is 3.20. The van der Waals surface area contributed by atoms with Crippen molar-refractivity contribution in [3.8, 4) is 0 Å². The van der Waals surface area contributed by atoms with E-state index in [0.717, 1.165) is 51.2 Å². The summed E-state index contributed by atoms with van der Waals surface area (Å²) in [7, 11) is 0. The Balaban J connectivity index is 1.56. The lowest BCUT2D eigenvalue weighted by Crippen LogP contribution is -2.40. The van der Waals surface area contributed by atoms with Crippen LogP contribution in [0.25, 0.3) is 10.9 Å². The fourth-order valence-corrected chi connectivity index (χ4v) is 3.41. The van der Waals surface area contributed by atoms with Crippen molar-refractivity contribution in [2.45, 2.75) is 44.6 Å². The molecule has 1 aliphatic carbocycles. The van der Waals surface area contributed by atoms with Crippen LogP contribution in [0.1, 0.15) is 38.2 Å². The van der Waals surface area contributed by atoms with Crippen molar-refractivity contribution in [1.29, 1.82) is 0 Å². The van der Waals surface area contributed by atoms with Crippen LogP contribution in [0, 0.1) is 0 Å². The van der Waals surface area contributed by atoms with E-state index in [1.165, 1.54) is 16.5 Å². The smallest absolute Gasteiger partial charge is 0.191 e.